The molecule has 1 aliphatic carbocycles. The van der Waals surface area contributed by atoms with Gasteiger partial charge < -0.3 is 10.6 Å². The molecule has 7 heteroatoms. The van der Waals surface area contributed by atoms with Crippen LogP contribution in [0.3, 0.4) is 0 Å². The van der Waals surface area contributed by atoms with Crippen LogP contribution in [-0.4, -0.2) is 37.3 Å². The van der Waals surface area contributed by atoms with E-state index in [1.165, 1.54) is 19.3 Å². The van der Waals surface area contributed by atoms with Crippen molar-refractivity contribution in [2.45, 2.75) is 25.3 Å². The molecule has 2 N–H and O–H groups in total. The van der Waals surface area contributed by atoms with E-state index in [-0.39, 0.29) is 5.95 Å². The predicted octanol–water partition coefficient (Wildman–Crippen LogP) is 0.628. The highest BCUT2D eigenvalue weighted by molar-refractivity contribution is 5.41. The minimum atomic E-state index is 0.248. The molecule has 0 radical (unpaired) electrons. The molecule has 1 aliphatic heterocycles. The van der Waals surface area contributed by atoms with Gasteiger partial charge in [0.2, 0.25) is 11.9 Å². The fourth-order valence-electron chi connectivity index (χ4n) is 3.16. The van der Waals surface area contributed by atoms with Crippen LogP contribution in [0.2, 0.25) is 0 Å². The summed E-state index contributed by atoms with van der Waals surface area (Å²) in [7, 11) is 0. The molecule has 2 fully saturated rings. The minimum absolute atomic E-state index is 0.248. The second-order valence-corrected chi connectivity index (χ2v) is 5.23. The van der Waals surface area contributed by atoms with Crippen molar-refractivity contribution in [2.24, 2.45) is 5.92 Å². The first-order valence-corrected chi connectivity index (χ1v) is 6.58. The van der Waals surface area contributed by atoms with E-state index < -0.39 is 0 Å². The number of nitrogens with two attached hydrogens (primary N) is 1. The van der Waals surface area contributed by atoms with E-state index >= 15 is 0 Å². The molecule has 2 aliphatic rings. The summed E-state index contributed by atoms with van der Waals surface area (Å²) in [4.78, 5) is 15.2. The SMILES string of the molecule is Nc1nc(N2CC3CCC2C3)nc(-n2cccn2)n1. The molecule has 0 spiro atoms. The van der Waals surface area contributed by atoms with E-state index in [2.05, 4.69) is 25.0 Å². The molecule has 2 aromatic rings. The Morgan fingerprint density at radius 1 is 1.16 bits per heavy atom. The zero-order valence-electron chi connectivity index (χ0n) is 10.5. The molecule has 19 heavy (non-hydrogen) atoms. The van der Waals surface area contributed by atoms with E-state index in [0.717, 1.165) is 12.5 Å². The standard InChI is InChI=1S/C12H15N7/c13-10-15-11(18-7-8-2-3-9(18)6-8)17-12(16-10)19-5-1-4-14-19/h1,4-5,8-9H,2-3,6-7H2,(H2,13,15,16,17). The van der Waals surface area contributed by atoms with Crippen molar-refractivity contribution >= 4 is 11.9 Å². The summed E-state index contributed by atoms with van der Waals surface area (Å²) >= 11 is 0. The highest BCUT2D eigenvalue weighted by atomic mass is 15.4. The first kappa shape index (κ1) is 10.7. The van der Waals surface area contributed by atoms with Crippen LogP contribution in [0.1, 0.15) is 19.3 Å². The molecule has 98 valence electrons. The van der Waals surface area contributed by atoms with Gasteiger partial charge >= 0.3 is 0 Å². The van der Waals surface area contributed by atoms with Crippen molar-refractivity contribution in [3.8, 4) is 5.95 Å². The summed E-state index contributed by atoms with van der Waals surface area (Å²) in [5.74, 6) is 2.20. The van der Waals surface area contributed by atoms with Crippen LogP contribution < -0.4 is 10.6 Å². The lowest BCUT2D eigenvalue weighted by molar-refractivity contribution is 0.545. The van der Waals surface area contributed by atoms with Gasteiger partial charge in [0.25, 0.3) is 5.95 Å². The van der Waals surface area contributed by atoms with Gasteiger partial charge in [-0.3, -0.25) is 0 Å². The van der Waals surface area contributed by atoms with Crippen LogP contribution in [0.4, 0.5) is 11.9 Å². The van der Waals surface area contributed by atoms with E-state index in [0.29, 0.717) is 17.9 Å². The molecule has 2 unspecified atom stereocenters. The summed E-state index contributed by atoms with van der Waals surface area (Å²) in [6.07, 6.45) is 7.30. The van der Waals surface area contributed by atoms with Gasteiger partial charge in [0.05, 0.1) is 0 Å². The van der Waals surface area contributed by atoms with Crippen molar-refractivity contribution in [3.63, 3.8) is 0 Å². The van der Waals surface area contributed by atoms with Crippen LogP contribution in [0.5, 0.6) is 0 Å². The van der Waals surface area contributed by atoms with Gasteiger partial charge in [-0.25, -0.2) is 4.68 Å². The molecule has 2 aromatic heterocycles. The number of anilines is 2. The monoisotopic (exact) mass is 257 g/mol. The zero-order chi connectivity index (χ0) is 12.8. The number of hydrogen-bond donors (Lipinski definition) is 1. The maximum Gasteiger partial charge on any atom is 0.257 e. The Morgan fingerprint density at radius 2 is 2.05 bits per heavy atom. The maximum absolute atomic E-state index is 5.80. The van der Waals surface area contributed by atoms with Gasteiger partial charge in [0, 0.05) is 25.0 Å². The summed E-state index contributed by atoms with van der Waals surface area (Å²) in [6.45, 7) is 1.03. The van der Waals surface area contributed by atoms with E-state index in [4.69, 9.17) is 5.73 Å². The molecule has 2 bridgehead atoms. The van der Waals surface area contributed by atoms with Crippen molar-refractivity contribution < 1.29 is 0 Å². The highest BCUT2D eigenvalue weighted by Gasteiger charge is 2.39. The predicted molar refractivity (Wildman–Crippen MR) is 69.8 cm³/mol. The number of rotatable bonds is 2. The number of aromatic nitrogens is 5. The van der Waals surface area contributed by atoms with Crippen molar-refractivity contribution in [1.29, 1.82) is 0 Å². The smallest absolute Gasteiger partial charge is 0.257 e. The van der Waals surface area contributed by atoms with Crippen LogP contribution in [0, 0.1) is 5.92 Å². The van der Waals surface area contributed by atoms with Crippen LogP contribution >= 0.6 is 0 Å². The van der Waals surface area contributed by atoms with Crippen LogP contribution in [0.25, 0.3) is 5.95 Å². The Labute approximate surface area is 110 Å². The highest BCUT2D eigenvalue weighted by Crippen LogP contribution is 2.39. The third-order valence-electron chi connectivity index (χ3n) is 4.00. The van der Waals surface area contributed by atoms with E-state index in [1.54, 1.807) is 17.1 Å². The van der Waals surface area contributed by atoms with Crippen molar-refractivity contribution in [1.82, 2.24) is 24.7 Å². The molecule has 7 nitrogen and oxygen atoms in total. The van der Waals surface area contributed by atoms with Gasteiger partial charge in [0.15, 0.2) is 0 Å². The summed E-state index contributed by atoms with van der Waals surface area (Å²) in [5, 5.41) is 4.13. The van der Waals surface area contributed by atoms with Gasteiger partial charge in [-0.1, -0.05) is 0 Å². The molecule has 0 aromatic carbocycles. The Hall–Kier alpha value is -2.18. The van der Waals surface area contributed by atoms with E-state index in [9.17, 15) is 0 Å². The maximum atomic E-state index is 5.80. The number of hydrogen-bond acceptors (Lipinski definition) is 6. The molecule has 1 saturated carbocycles. The Kier molecular flexibility index (Phi) is 2.20. The quantitative estimate of drug-likeness (QED) is 0.849. The minimum Gasteiger partial charge on any atom is -0.368 e. The Morgan fingerprint density at radius 3 is 2.74 bits per heavy atom. The number of fused-ring (bicyclic) bond motifs is 2. The van der Waals surface area contributed by atoms with Crippen LogP contribution in [0.15, 0.2) is 18.5 Å². The largest absolute Gasteiger partial charge is 0.368 e. The second kappa shape index (κ2) is 3.91. The number of nitrogen functional groups attached to an aromatic ring is 1. The molecule has 3 heterocycles. The molecule has 4 rings (SSSR count). The topological polar surface area (TPSA) is 85.8 Å². The average Bonchev–Trinajstić information content (AvgIpc) is 3.15. The second-order valence-electron chi connectivity index (χ2n) is 5.23. The fourth-order valence-corrected chi connectivity index (χ4v) is 3.16. The molecular weight excluding hydrogens is 242 g/mol. The first-order valence-electron chi connectivity index (χ1n) is 6.58. The Bertz CT molecular complexity index is 594. The Balaban J connectivity index is 1.73. The fraction of sp³-hybridized carbons (Fsp3) is 0.500. The van der Waals surface area contributed by atoms with Crippen molar-refractivity contribution in [3.05, 3.63) is 18.5 Å². The first-order chi connectivity index (χ1) is 9.29. The number of nitrogens with zero attached hydrogens (tertiary/aromatic N) is 6. The lowest BCUT2D eigenvalue weighted by Gasteiger charge is -2.26. The summed E-state index contributed by atoms with van der Waals surface area (Å²) in [6, 6.07) is 2.40. The third kappa shape index (κ3) is 1.73. The zero-order valence-corrected chi connectivity index (χ0v) is 10.5. The summed E-state index contributed by atoms with van der Waals surface area (Å²) < 4.78 is 1.61. The molecule has 1 saturated heterocycles. The molecule has 0 amide bonds. The van der Waals surface area contributed by atoms with Gasteiger partial charge in [0.1, 0.15) is 0 Å². The van der Waals surface area contributed by atoms with Crippen molar-refractivity contribution in [2.75, 3.05) is 17.2 Å². The normalized spacial score (nSPS) is 25.2. The summed E-state index contributed by atoms with van der Waals surface area (Å²) in [5.41, 5.74) is 5.80. The lowest BCUT2D eigenvalue weighted by Crippen LogP contribution is -2.34. The molecule has 2 atom stereocenters. The van der Waals surface area contributed by atoms with Gasteiger partial charge in [-0.15, -0.1) is 0 Å². The van der Waals surface area contributed by atoms with Gasteiger partial charge in [-0.05, 0) is 31.2 Å². The van der Waals surface area contributed by atoms with E-state index in [1.807, 2.05) is 6.07 Å². The molecular formula is C12H15N7. The van der Waals surface area contributed by atoms with Gasteiger partial charge in [-0.2, -0.15) is 20.1 Å². The number of piperidine rings is 1. The lowest BCUT2D eigenvalue weighted by atomic mass is 10.1. The average molecular weight is 257 g/mol. The third-order valence-corrected chi connectivity index (χ3v) is 4.00. The van der Waals surface area contributed by atoms with Crippen LogP contribution in [-0.2, 0) is 0 Å².